The van der Waals surface area contributed by atoms with E-state index in [1.807, 2.05) is 20.8 Å². The van der Waals surface area contributed by atoms with Crippen molar-refractivity contribution < 1.29 is 19.7 Å². The molecule has 0 spiro atoms. The van der Waals surface area contributed by atoms with Gasteiger partial charge in [0.25, 0.3) is 0 Å². The van der Waals surface area contributed by atoms with Crippen LogP contribution in [-0.2, 0) is 11.4 Å². The Hall–Kier alpha value is -1.55. The van der Waals surface area contributed by atoms with Crippen LogP contribution in [0.5, 0.6) is 5.75 Å². The number of aliphatic hydroxyl groups excluding tert-OH is 1. The summed E-state index contributed by atoms with van der Waals surface area (Å²) in [4.78, 5) is 11.2. The van der Waals surface area contributed by atoms with Gasteiger partial charge in [-0.3, -0.25) is 0 Å². The van der Waals surface area contributed by atoms with E-state index < -0.39 is 12.1 Å². The fraction of sp³-hybridized carbons (Fsp3) is 0.500. The Kier molecular flexibility index (Phi) is 4.73. The second kappa shape index (κ2) is 5.87. The van der Waals surface area contributed by atoms with Crippen molar-refractivity contribution in [1.82, 2.24) is 0 Å². The smallest absolute Gasteiger partial charge is 0.344 e. The molecule has 0 unspecified atom stereocenters. The molecular weight excluding hydrogens is 232 g/mol. The van der Waals surface area contributed by atoms with E-state index in [4.69, 9.17) is 14.9 Å². The molecule has 1 aromatic carbocycles. The highest BCUT2D eigenvalue weighted by Gasteiger charge is 2.26. The van der Waals surface area contributed by atoms with Gasteiger partial charge >= 0.3 is 5.97 Å². The number of benzene rings is 1. The summed E-state index contributed by atoms with van der Waals surface area (Å²) in [5, 5.41) is 18.2. The summed E-state index contributed by atoms with van der Waals surface area (Å²) < 4.78 is 5.48. The van der Waals surface area contributed by atoms with E-state index in [-0.39, 0.29) is 12.0 Å². The van der Waals surface area contributed by atoms with E-state index in [0.717, 1.165) is 0 Å². The van der Waals surface area contributed by atoms with Gasteiger partial charge in [0.15, 0.2) is 6.10 Å². The summed E-state index contributed by atoms with van der Waals surface area (Å²) in [6.45, 7) is 5.82. The minimum Gasteiger partial charge on any atom is -0.479 e. The molecule has 18 heavy (non-hydrogen) atoms. The second-order valence-electron chi connectivity index (χ2n) is 5.52. The van der Waals surface area contributed by atoms with Crippen molar-refractivity contribution in [3.05, 3.63) is 29.8 Å². The van der Waals surface area contributed by atoms with Crippen molar-refractivity contribution in [2.75, 3.05) is 0 Å². The van der Waals surface area contributed by atoms with Crippen LogP contribution < -0.4 is 4.74 Å². The van der Waals surface area contributed by atoms with Crippen LogP contribution in [0.1, 0.15) is 32.8 Å². The van der Waals surface area contributed by atoms with E-state index in [2.05, 4.69) is 0 Å². The maximum absolute atomic E-state index is 11.2. The maximum atomic E-state index is 11.2. The van der Waals surface area contributed by atoms with Crippen molar-refractivity contribution >= 4 is 5.97 Å². The Morgan fingerprint density at radius 2 is 2.06 bits per heavy atom. The molecule has 0 aliphatic heterocycles. The molecular formula is C14H20O4. The van der Waals surface area contributed by atoms with Gasteiger partial charge in [-0.1, -0.05) is 32.9 Å². The average Bonchev–Trinajstić information content (AvgIpc) is 2.26. The van der Waals surface area contributed by atoms with Crippen molar-refractivity contribution in [2.24, 2.45) is 5.41 Å². The monoisotopic (exact) mass is 252 g/mol. The lowest BCUT2D eigenvalue weighted by Crippen LogP contribution is -2.31. The Morgan fingerprint density at radius 3 is 2.56 bits per heavy atom. The molecule has 0 bridgehead atoms. The molecule has 0 fully saturated rings. The van der Waals surface area contributed by atoms with Crippen LogP contribution >= 0.6 is 0 Å². The maximum Gasteiger partial charge on any atom is 0.344 e. The third kappa shape index (κ3) is 4.75. The number of hydrogen-bond donors (Lipinski definition) is 2. The molecule has 0 aliphatic rings. The standard InChI is InChI=1S/C14H20O4/c1-14(2,3)8-12(13(16)17)18-11-6-4-5-10(7-11)9-15/h4-7,12,15H,8-9H2,1-3H3,(H,16,17)/t12-/m0/s1. The Labute approximate surface area is 107 Å². The van der Waals surface area contributed by atoms with Gasteiger partial charge in [-0.2, -0.15) is 0 Å². The molecule has 0 heterocycles. The first-order valence-corrected chi connectivity index (χ1v) is 5.91. The van der Waals surface area contributed by atoms with Crippen molar-refractivity contribution in [2.45, 2.75) is 39.9 Å². The van der Waals surface area contributed by atoms with Gasteiger partial charge in [0.2, 0.25) is 0 Å². The predicted octanol–water partition coefficient (Wildman–Crippen LogP) is 2.45. The molecule has 1 atom stereocenters. The zero-order valence-corrected chi connectivity index (χ0v) is 11.0. The normalized spacial score (nSPS) is 13.1. The lowest BCUT2D eigenvalue weighted by atomic mass is 9.89. The molecule has 0 aliphatic carbocycles. The van der Waals surface area contributed by atoms with Gasteiger partial charge in [-0.15, -0.1) is 0 Å². The first-order valence-electron chi connectivity index (χ1n) is 5.91. The van der Waals surface area contributed by atoms with E-state index in [9.17, 15) is 4.79 Å². The number of carboxylic acids is 1. The molecule has 2 N–H and O–H groups in total. The third-order valence-electron chi connectivity index (χ3n) is 2.43. The first kappa shape index (κ1) is 14.5. The van der Waals surface area contributed by atoms with Gasteiger partial charge in [-0.05, 0) is 23.1 Å². The Bertz CT molecular complexity index is 407. The number of ether oxygens (including phenoxy) is 1. The van der Waals surface area contributed by atoms with Crippen LogP contribution in [0.15, 0.2) is 24.3 Å². The third-order valence-corrected chi connectivity index (χ3v) is 2.43. The zero-order valence-electron chi connectivity index (χ0n) is 11.0. The minimum atomic E-state index is -0.973. The Morgan fingerprint density at radius 1 is 1.39 bits per heavy atom. The van der Waals surface area contributed by atoms with Crippen LogP contribution in [0.25, 0.3) is 0 Å². The largest absolute Gasteiger partial charge is 0.479 e. The van der Waals surface area contributed by atoms with Crippen LogP contribution in [0.2, 0.25) is 0 Å². The minimum absolute atomic E-state index is 0.0891. The summed E-state index contributed by atoms with van der Waals surface area (Å²) >= 11 is 0. The number of carboxylic acid groups (broad SMARTS) is 1. The van der Waals surface area contributed by atoms with Gasteiger partial charge in [0.05, 0.1) is 6.61 Å². The molecule has 100 valence electrons. The predicted molar refractivity (Wildman–Crippen MR) is 68.5 cm³/mol. The van der Waals surface area contributed by atoms with Crippen LogP contribution in [0, 0.1) is 5.41 Å². The van der Waals surface area contributed by atoms with E-state index in [1.54, 1.807) is 24.3 Å². The van der Waals surface area contributed by atoms with Gasteiger partial charge in [0, 0.05) is 6.42 Å². The van der Waals surface area contributed by atoms with Gasteiger partial charge in [-0.25, -0.2) is 4.79 Å². The number of carbonyl (C=O) groups is 1. The molecule has 1 rings (SSSR count). The summed E-state index contributed by atoms with van der Waals surface area (Å²) in [7, 11) is 0. The molecule has 0 aromatic heterocycles. The Balaban J connectivity index is 2.80. The topological polar surface area (TPSA) is 66.8 Å². The van der Waals surface area contributed by atoms with E-state index >= 15 is 0 Å². The second-order valence-corrected chi connectivity index (χ2v) is 5.52. The van der Waals surface area contributed by atoms with Crippen LogP contribution in [0.4, 0.5) is 0 Å². The van der Waals surface area contributed by atoms with Crippen molar-refractivity contribution in [3.63, 3.8) is 0 Å². The van der Waals surface area contributed by atoms with E-state index in [1.165, 1.54) is 0 Å². The van der Waals surface area contributed by atoms with Crippen molar-refractivity contribution in [1.29, 1.82) is 0 Å². The quantitative estimate of drug-likeness (QED) is 0.844. The lowest BCUT2D eigenvalue weighted by molar-refractivity contribution is -0.146. The number of rotatable bonds is 5. The highest BCUT2D eigenvalue weighted by Crippen LogP contribution is 2.24. The van der Waals surface area contributed by atoms with Gasteiger partial charge < -0.3 is 14.9 Å². The fourth-order valence-electron chi connectivity index (χ4n) is 1.62. The van der Waals surface area contributed by atoms with Crippen LogP contribution in [0.3, 0.4) is 0 Å². The van der Waals surface area contributed by atoms with Crippen LogP contribution in [-0.4, -0.2) is 22.3 Å². The SMILES string of the molecule is CC(C)(C)C[C@H](Oc1cccc(CO)c1)C(=O)O. The summed E-state index contributed by atoms with van der Waals surface area (Å²) in [5.41, 5.74) is 0.574. The molecule has 0 saturated heterocycles. The molecule has 4 nitrogen and oxygen atoms in total. The zero-order chi connectivity index (χ0) is 13.8. The number of hydrogen-bond acceptors (Lipinski definition) is 3. The molecule has 0 radical (unpaired) electrons. The number of aliphatic hydroxyl groups is 1. The summed E-state index contributed by atoms with van der Waals surface area (Å²) in [6, 6.07) is 6.83. The molecule has 0 saturated carbocycles. The van der Waals surface area contributed by atoms with Gasteiger partial charge in [0.1, 0.15) is 5.75 Å². The summed E-state index contributed by atoms with van der Waals surface area (Å²) in [5.74, 6) is -0.502. The first-order chi connectivity index (χ1) is 8.31. The highest BCUT2D eigenvalue weighted by molar-refractivity contribution is 5.72. The average molecular weight is 252 g/mol. The molecule has 0 amide bonds. The molecule has 1 aromatic rings. The fourth-order valence-corrected chi connectivity index (χ4v) is 1.62. The highest BCUT2D eigenvalue weighted by atomic mass is 16.5. The number of aliphatic carboxylic acids is 1. The van der Waals surface area contributed by atoms with Crippen molar-refractivity contribution in [3.8, 4) is 5.75 Å². The lowest BCUT2D eigenvalue weighted by Gasteiger charge is -2.24. The summed E-state index contributed by atoms with van der Waals surface area (Å²) in [6.07, 6.45) is -0.454. The molecule has 4 heteroatoms. The van der Waals surface area contributed by atoms with E-state index in [0.29, 0.717) is 17.7 Å².